The van der Waals surface area contributed by atoms with Crippen molar-refractivity contribution >= 4 is 11.5 Å². The molecule has 2 unspecified atom stereocenters. The fraction of sp³-hybridized carbons (Fsp3) is 0.364. The SMILES string of the molecule is Nc1ccc(-c2n[nH]cc2CN2CC3CCC(C2)N3c2ccc(C(F)(F)F)cn2)cc1. The number of nitrogens with two attached hydrogens (primary N) is 1. The Morgan fingerprint density at radius 1 is 1.03 bits per heavy atom. The molecular weight excluding hydrogens is 405 g/mol. The van der Waals surface area contributed by atoms with Crippen LogP contribution in [0.4, 0.5) is 24.7 Å². The highest BCUT2D eigenvalue weighted by Gasteiger charge is 2.41. The zero-order valence-electron chi connectivity index (χ0n) is 16.8. The Morgan fingerprint density at radius 2 is 1.74 bits per heavy atom. The van der Waals surface area contributed by atoms with Crippen LogP contribution in [0.1, 0.15) is 24.0 Å². The number of pyridine rings is 1. The number of hydrogen-bond donors (Lipinski definition) is 2. The van der Waals surface area contributed by atoms with Crippen LogP contribution in [0, 0.1) is 0 Å². The second-order valence-electron chi connectivity index (χ2n) is 8.27. The lowest BCUT2D eigenvalue weighted by atomic mass is 10.1. The van der Waals surface area contributed by atoms with Crippen molar-refractivity contribution in [1.29, 1.82) is 0 Å². The summed E-state index contributed by atoms with van der Waals surface area (Å²) in [6, 6.07) is 10.8. The van der Waals surface area contributed by atoms with Gasteiger partial charge in [-0.3, -0.25) is 10.00 Å². The third kappa shape index (κ3) is 3.85. The van der Waals surface area contributed by atoms with Gasteiger partial charge in [-0.05, 0) is 37.1 Å². The van der Waals surface area contributed by atoms with E-state index < -0.39 is 11.7 Å². The van der Waals surface area contributed by atoms with Gasteiger partial charge in [-0.1, -0.05) is 12.1 Å². The summed E-state index contributed by atoms with van der Waals surface area (Å²) in [4.78, 5) is 8.73. The molecule has 9 heteroatoms. The fourth-order valence-corrected chi connectivity index (χ4v) is 4.77. The molecule has 2 bridgehead atoms. The highest BCUT2D eigenvalue weighted by atomic mass is 19.4. The lowest BCUT2D eigenvalue weighted by molar-refractivity contribution is -0.137. The Kier molecular flexibility index (Phi) is 4.85. The van der Waals surface area contributed by atoms with E-state index in [0.29, 0.717) is 11.5 Å². The Bertz CT molecular complexity index is 1030. The van der Waals surface area contributed by atoms with E-state index in [1.54, 1.807) is 0 Å². The van der Waals surface area contributed by atoms with E-state index >= 15 is 0 Å². The smallest absolute Gasteiger partial charge is 0.399 e. The second-order valence-corrected chi connectivity index (χ2v) is 8.27. The minimum atomic E-state index is -4.37. The molecule has 0 spiro atoms. The summed E-state index contributed by atoms with van der Waals surface area (Å²) in [5, 5.41) is 7.39. The van der Waals surface area contributed by atoms with E-state index in [1.807, 2.05) is 30.5 Å². The molecule has 1 aromatic carbocycles. The maximum absolute atomic E-state index is 12.9. The number of benzene rings is 1. The largest absolute Gasteiger partial charge is 0.417 e. The van der Waals surface area contributed by atoms with Gasteiger partial charge in [0.15, 0.2) is 0 Å². The van der Waals surface area contributed by atoms with E-state index in [9.17, 15) is 13.2 Å². The Labute approximate surface area is 177 Å². The number of nitrogens with zero attached hydrogens (tertiary/aromatic N) is 4. The molecule has 0 radical (unpaired) electrons. The number of nitrogen functional groups attached to an aromatic ring is 1. The van der Waals surface area contributed by atoms with Crippen LogP contribution in [-0.4, -0.2) is 45.3 Å². The number of rotatable bonds is 4. The summed E-state index contributed by atoms with van der Waals surface area (Å²) in [7, 11) is 0. The molecule has 0 saturated carbocycles. The van der Waals surface area contributed by atoms with E-state index in [2.05, 4.69) is 25.0 Å². The number of aromatic amines is 1. The van der Waals surface area contributed by atoms with E-state index in [1.165, 1.54) is 6.07 Å². The van der Waals surface area contributed by atoms with Gasteiger partial charge >= 0.3 is 6.18 Å². The van der Waals surface area contributed by atoms with Crippen LogP contribution in [0.25, 0.3) is 11.3 Å². The third-order valence-electron chi connectivity index (χ3n) is 6.19. The molecule has 31 heavy (non-hydrogen) atoms. The Balaban J connectivity index is 1.30. The summed E-state index contributed by atoms with van der Waals surface area (Å²) < 4.78 is 38.6. The third-order valence-corrected chi connectivity index (χ3v) is 6.19. The molecule has 162 valence electrons. The molecule has 3 aromatic rings. The summed E-state index contributed by atoms with van der Waals surface area (Å²) in [5.74, 6) is 0.631. The minimum Gasteiger partial charge on any atom is -0.399 e. The predicted octanol–water partition coefficient (Wildman–Crippen LogP) is 3.93. The van der Waals surface area contributed by atoms with E-state index in [0.717, 1.165) is 61.6 Å². The van der Waals surface area contributed by atoms with Crippen molar-refractivity contribution in [3.05, 3.63) is 59.9 Å². The molecule has 6 nitrogen and oxygen atoms in total. The standard InChI is InChI=1S/C22H23F3N6/c23-22(24,25)16-3-8-20(27-10-16)31-18-6-7-19(31)13-30(12-18)11-15-9-28-29-21(15)14-1-4-17(26)5-2-14/h1-5,8-10,18-19H,6-7,11-13,26H2,(H,28,29). The van der Waals surface area contributed by atoms with Gasteiger partial charge in [0, 0.05) is 60.9 Å². The van der Waals surface area contributed by atoms with Crippen molar-refractivity contribution in [3.63, 3.8) is 0 Å². The van der Waals surface area contributed by atoms with Gasteiger partial charge in [0.1, 0.15) is 5.82 Å². The van der Waals surface area contributed by atoms with Crippen LogP contribution >= 0.6 is 0 Å². The molecule has 2 aliphatic heterocycles. The number of fused-ring (bicyclic) bond motifs is 2. The van der Waals surface area contributed by atoms with Crippen LogP contribution in [0.3, 0.4) is 0 Å². The average molecular weight is 428 g/mol. The van der Waals surface area contributed by atoms with Gasteiger partial charge in [0.05, 0.1) is 11.3 Å². The number of piperazine rings is 1. The van der Waals surface area contributed by atoms with Crippen LogP contribution in [0.5, 0.6) is 0 Å². The summed E-state index contributed by atoms with van der Waals surface area (Å²) in [6.07, 6.45) is 0.527. The monoisotopic (exact) mass is 428 g/mol. The quantitative estimate of drug-likeness (QED) is 0.616. The molecule has 2 aromatic heterocycles. The van der Waals surface area contributed by atoms with Crippen LogP contribution in [0.15, 0.2) is 48.8 Å². The van der Waals surface area contributed by atoms with Crippen molar-refractivity contribution < 1.29 is 13.2 Å². The Hall–Kier alpha value is -3.07. The predicted molar refractivity (Wildman–Crippen MR) is 112 cm³/mol. The molecular formula is C22H23F3N6. The van der Waals surface area contributed by atoms with Crippen molar-refractivity contribution in [2.75, 3.05) is 23.7 Å². The molecule has 2 aliphatic rings. The average Bonchev–Trinajstić information content (AvgIpc) is 3.30. The van der Waals surface area contributed by atoms with E-state index in [4.69, 9.17) is 5.73 Å². The molecule has 2 atom stereocenters. The lowest BCUT2D eigenvalue weighted by Crippen LogP contribution is -2.53. The highest BCUT2D eigenvalue weighted by Crippen LogP contribution is 2.36. The fourth-order valence-electron chi connectivity index (χ4n) is 4.77. The minimum absolute atomic E-state index is 0.245. The molecule has 4 heterocycles. The number of anilines is 2. The van der Waals surface area contributed by atoms with Crippen LogP contribution in [-0.2, 0) is 12.7 Å². The maximum atomic E-state index is 12.9. The zero-order valence-corrected chi connectivity index (χ0v) is 16.8. The molecule has 0 aliphatic carbocycles. The zero-order chi connectivity index (χ0) is 21.6. The first-order chi connectivity index (χ1) is 14.9. The number of likely N-dealkylation sites (tertiary alicyclic amines) is 1. The number of nitrogens with one attached hydrogen (secondary N) is 1. The van der Waals surface area contributed by atoms with Crippen LogP contribution < -0.4 is 10.6 Å². The first-order valence-corrected chi connectivity index (χ1v) is 10.3. The number of aromatic nitrogens is 3. The lowest BCUT2D eigenvalue weighted by Gasteiger charge is -2.41. The first kappa shape index (κ1) is 19.9. The Morgan fingerprint density at radius 3 is 2.35 bits per heavy atom. The van der Waals surface area contributed by atoms with Crippen LogP contribution in [0.2, 0.25) is 0 Å². The maximum Gasteiger partial charge on any atom is 0.417 e. The molecule has 5 rings (SSSR count). The topological polar surface area (TPSA) is 74.1 Å². The molecule has 2 fully saturated rings. The second kappa shape index (κ2) is 7.56. The van der Waals surface area contributed by atoms with Crippen molar-refractivity contribution in [1.82, 2.24) is 20.1 Å². The molecule has 0 amide bonds. The summed E-state index contributed by atoms with van der Waals surface area (Å²) in [6.45, 7) is 2.44. The number of halogens is 3. The first-order valence-electron chi connectivity index (χ1n) is 10.3. The molecule has 3 N–H and O–H groups in total. The summed E-state index contributed by atoms with van der Waals surface area (Å²) >= 11 is 0. The van der Waals surface area contributed by atoms with Gasteiger partial charge in [-0.15, -0.1) is 0 Å². The normalized spacial score (nSPS) is 21.6. The number of alkyl halides is 3. The van der Waals surface area contributed by atoms with E-state index in [-0.39, 0.29) is 12.1 Å². The molecule has 2 saturated heterocycles. The van der Waals surface area contributed by atoms with Crippen molar-refractivity contribution in [2.24, 2.45) is 0 Å². The highest BCUT2D eigenvalue weighted by molar-refractivity contribution is 5.64. The van der Waals surface area contributed by atoms with Gasteiger partial charge in [-0.2, -0.15) is 18.3 Å². The number of H-pyrrole nitrogens is 1. The van der Waals surface area contributed by atoms with Gasteiger partial charge in [-0.25, -0.2) is 4.98 Å². The van der Waals surface area contributed by atoms with Gasteiger partial charge in [0.2, 0.25) is 0 Å². The van der Waals surface area contributed by atoms with Gasteiger partial charge in [0.25, 0.3) is 0 Å². The number of hydrogen-bond acceptors (Lipinski definition) is 5. The van der Waals surface area contributed by atoms with Crippen molar-refractivity contribution in [2.45, 2.75) is 37.6 Å². The summed E-state index contributed by atoms with van der Waals surface area (Å²) in [5.41, 5.74) is 8.84. The van der Waals surface area contributed by atoms with Gasteiger partial charge < -0.3 is 10.6 Å². The van der Waals surface area contributed by atoms with Crippen molar-refractivity contribution in [3.8, 4) is 11.3 Å².